The van der Waals surface area contributed by atoms with Gasteiger partial charge in [0.1, 0.15) is 0 Å². The lowest BCUT2D eigenvalue weighted by molar-refractivity contribution is -0.124. The van der Waals surface area contributed by atoms with Gasteiger partial charge in [0, 0.05) is 18.1 Å². The van der Waals surface area contributed by atoms with E-state index in [0.717, 1.165) is 6.54 Å². The molecule has 4 heteroatoms. The molecule has 0 heterocycles. The number of rotatable bonds is 6. The van der Waals surface area contributed by atoms with Crippen LogP contribution in [0.3, 0.4) is 0 Å². The highest BCUT2D eigenvalue weighted by atomic mass is 16.2. The number of likely N-dealkylation sites (N-methyl/N-ethyl adjacent to an activating group) is 1. The van der Waals surface area contributed by atoms with E-state index in [9.17, 15) is 4.79 Å². The molecule has 3 N–H and O–H groups in total. The molecule has 0 aliphatic rings. The Morgan fingerprint density at radius 2 is 1.78 bits per heavy atom. The molecule has 18 heavy (non-hydrogen) atoms. The van der Waals surface area contributed by atoms with Gasteiger partial charge >= 0.3 is 0 Å². The van der Waals surface area contributed by atoms with Gasteiger partial charge in [0.25, 0.3) is 0 Å². The van der Waals surface area contributed by atoms with E-state index in [1.807, 2.05) is 20.8 Å². The highest BCUT2D eigenvalue weighted by Crippen LogP contribution is 2.26. The number of amides is 1. The summed E-state index contributed by atoms with van der Waals surface area (Å²) in [7, 11) is 0. The van der Waals surface area contributed by atoms with Gasteiger partial charge in [-0.2, -0.15) is 0 Å². The number of nitrogens with one attached hydrogen (secondary N) is 1. The predicted molar refractivity (Wildman–Crippen MR) is 77.4 cm³/mol. The van der Waals surface area contributed by atoms with Gasteiger partial charge in [0.2, 0.25) is 5.91 Å². The largest absolute Gasteiger partial charge is 0.353 e. The number of hydrogen-bond acceptors (Lipinski definition) is 3. The van der Waals surface area contributed by atoms with Gasteiger partial charge in [-0.15, -0.1) is 0 Å². The lowest BCUT2D eigenvalue weighted by Crippen LogP contribution is -2.56. The molecular weight excluding hydrogens is 226 g/mol. The first-order chi connectivity index (χ1) is 8.09. The Morgan fingerprint density at radius 3 is 2.06 bits per heavy atom. The van der Waals surface area contributed by atoms with E-state index in [2.05, 4.69) is 37.9 Å². The predicted octanol–water partition coefficient (Wildman–Crippen LogP) is 1.59. The lowest BCUT2D eigenvalue weighted by Gasteiger charge is -2.42. The quantitative estimate of drug-likeness (QED) is 0.760. The summed E-state index contributed by atoms with van der Waals surface area (Å²) in [5, 5.41) is 2.93. The van der Waals surface area contributed by atoms with Crippen LogP contribution in [0.5, 0.6) is 0 Å². The Hall–Kier alpha value is -0.610. The Balaban J connectivity index is 4.77. The van der Waals surface area contributed by atoms with Crippen molar-refractivity contribution in [3.63, 3.8) is 0 Å². The molecule has 1 amide bonds. The third-order valence-electron chi connectivity index (χ3n) is 2.98. The Kier molecular flexibility index (Phi) is 6.86. The van der Waals surface area contributed by atoms with Gasteiger partial charge in [-0.3, -0.25) is 9.69 Å². The van der Waals surface area contributed by atoms with Crippen molar-refractivity contribution in [1.82, 2.24) is 10.2 Å². The summed E-state index contributed by atoms with van der Waals surface area (Å²) in [4.78, 5) is 14.1. The van der Waals surface area contributed by atoms with Gasteiger partial charge in [-0.05, 0) is 32.7 Å². The molecule has 2 atom stereocenters. The molecule has 0 saturated heterocycles. The molecule has 0 radical (unpaired) electrons. The molecule has 0 aliphatic heterocycles. The van der Waals surface area contributed by atoms with Crippen molar-refractivity contribution < 1.29 is 4.79 Å². The van der Waals surface area contributed by atoms with Crippen LogP contribution in [-0.4, -0.2) is 42.0 Å². The average molecular weight is 257 g/mol. The van der Waals surface area contributed by atoms with Crippen LogP contribution in [0.15, 0.2) is 0 Å². The fourth-order valence-electron chi connectivity index (χ4n) is 2.63. The standard InChI is InChI=1S/C14H31N3O/c1-8-17(9-12(18)16-10(2)3)13(11(4)15)14(5,6)7/h10-11,13H,8-9,15H2,1-7H3,(H,16,18). The van der Waals surface area contributed by atoms with Crippen LogP contribution >= 0.6 is 0 Å². The maximum absolute atomic E-state index is 11.9. The number of hydrogen-bond donors (Lipinski definition) is 2. The monoisotopic (exact) mass is 257 g/mol. The minimum atomic E-state index is 0.0387. The average Bonchev–Trinajstić information content (AvgIpc) is 2.12. The third-order valence-corrected chi connectivity index (χ3v) is 2.98. The molecule has 0 aromatic rings. The summed E-state index contributed by atoms with van der Waals surface area (Å²) >= 11 is 0. The Morgan fingerprint density at radius 1 is 1.28 bits per heavy atom. The van der Waals surface area contributed by atoms with E-state index in [1.54, 1.807) is 0 Å². The van der Waals surface area contributed by atoms with Crippen molar-refractivity contribution >= 4 is 5.91 Å². The summed E-state index contributed by atoms with van der Waals surface area (Å²) in [6.45, 7) is 15.8. The van der Waals surface area contributed by atoms with E-state index >= 15 is 0 Å². The molecule has 0 saturated carbocycles. The molecule has 108 valence electrons. The van der Waals surface area contributed by atoms with Crippen molar-refractivity contribution in [2.75, 3.05) is 13.1 Å². The third kappa shape index (κ3) is 5.83. The normalized spacial score (nSPS) is 15.9. The number of carbonyl (C=O) groups excluding carboxylic acids is 1. The van der Waals surface area contributed by atoms with Crippen molar-refractivity contribution in [1.29, 1.82) is 0 Å². The minimum Gasteiger partial charge on any atom is -0.353 e. The number of carbonyl (C=O) groups is 1. The molecular formula is C14H31N3O. The Labute approximate surface area is 112 Å². The fourth-order valence-corrected chi connectivity index (χ4v) is 2.63. The zero-order valence-corrected chi connectivity index (χ0v) is 13.1. The second kappa shape index (κ2) is 7.10. The van der Waals surface area contributed by atoms with E-state index in [0.29, 0.717) is 6.54 Å². The van der Waals surface area contributed by atoms with E-state index in [-0.39, 0.29) is 29.4 Å². The van der Waals surface area contributed by atoms with Crippen LogP contribution in [0.2, 0.25) is 0 Å². The van der Waals surface area contributed by atoms with Crippen LogP contribution in [0.1, 0.15) is 48.5 Å². The van der Waals surface area contributed by atoms with E-state index in [4.69, 9.17) is 5.73 Å². The first kappa shape index (κ1) is 17.4. The highest BCUT2D eigenvalue weighted by Gasteiger charge is 2.33. The van der Waals surface area contributed by atoms with Crippen LogP contribution in [-0.2, 0) is 4.79 Å². The molecule has 0 aromatic heterocycles. The summed E-state index contributed by atoms with van der Waals surface area (Å²) < 4.78 is 0. The van der Waals surface area contributed by atoms with Crippen LogP contribution in [0.25, 0.3) is 0 Å². The lowest BCUT2D eigenvalue weighted by atomic mass is 9.81. The smallest absolute Gasteiger partial charge is 0.234 e. The van der Waals surface area contributed by atoms with Crippen molar-refractivity contribution in [2.45, 2.75) is 66.6 Å². The van der Waals surface area contributed by atoms with E-state index < -0.39 is 0 Å². The summed E-state index contributed by atoms with van der Waals surface area (Å²) in [5.74, 6) is 0.0711. The Bertz CT molecular complexity index is 256. The van der Waals surface area contributed by atoms with Gasteiger partial charge in [-0.25, -0.2) is 0 Å². The zero-order valence-electron chi connectivity index (χ0n) is 13.1. The molecule has 0 rings (SSSR count). The van der Waals surface area contributed by atoms with Crippen molar-refractivity contribution in [3.05, 3.63) is 0 Å². The number of nitrogens with zero attached hydrogens (tertiary/aromatic N) is 1. The zero-order chi connectivity index (χ0) is 14.5. The van der Waals surface area contributed by atoms with Gasteiger partial charge in [-0.1, -0.05) is 27.7 Å². The maximum atomic E-state index is 11.9. The van der Waals surface area contributed by atoms with Crippen molar-refractivity contribution in [2.24, 2.45) is 11.1 Å². The molecule has 0 fully saturated rings. The first-order valence-corrected chi connectivity index (χ1v) is 6.88. The second-order valence-corrected chi connectivity index (χ2v) is 6.46. The van der Waals surface area contributed by atoms with Gasteiger partial charge in [0.05, 0.1) is 6.54 Å². The topological polar surface area (TPSA) is 58.4 Å². The first-order valence-electron chi connectivity index (χ1n) is 6.88. The van der Waals surface area contributed by atoms with Gasteiger partial charge < -0.3 is 11.1 Å². The highest BCUT2D eigenvalue weighted by molar-refractivity contribution is 5.78. The summed E-state index contributed by atoms with van der Waals surface area (Å²) in [5.41, 5.74) is 6.16. The van der Waals surface area contributed by atoms with Crippen LogP contribution < -0.4 is 11.1 Å². The SMILES string of the molecule is CCN(CC(=O)NC(C)C)C(C(C)N)C(C)(C)C. The molecule has 0 spiro atoms. The molecule has 0 bridgehead atoms. The molecule has 2 unspecified atom stereocenters. The molecule has 0 aromatic carbocycles. The van der Waals surface area contributed by atoms with E-state index in [1.165, 1.54) is 0 Å². The van der Waals surface area contributed by atoms with Gasteiger partial charge in [0.15, 0.2) is 0 Å². The summed E-state index contributed by atoms with van der Waals surface area (Å²) in [6.07, 6.45) is 0. The maximum Gasteiger partial charge on any atom is 0.234 e. The van der Waals surface area contributed by atoms with Crippen LogP contribution in [0, 0.1) is 5.41 Å². The van der Waals surface area contributed by atoms with Crippen molar-refractivity contribution in [3.8, 4) is 0 Å². The minimum absolute atomic E-state index is 0.0387. The number of nitrogens with two attached hydrogens (primary N) is 1. The summed E-state index contributed by atoms with van der Waals surface area (Å²) in [6, 6.07) is 0.414. The molecule has 4 nitrogen and oxygen atoms in total. The second-order valence-electron chi connectivity index (χ2n) is 6.46. The van der Waals surface area contributed by atoms with Crippen LogP contribution in [0.4, 0.5) is 0 Å². The molecule has 0 aliphatic carbocycles. The fraction of sp³-hybridized carbons (Fsp3) is 0.929.